The third-order valence-electron chi connectivity index (χ3n) is 5.93. The van der Waals surface area contributed by atoms with E-state index >= 15 is 0 Å². The van der Waals surface area contributed by atoms with Crippen molar-refractivity contribution in [2.75, 3.05) is 6.54 Å². The van der Waals surface area contributed by atoms with E-state index in [4.69, 9.17) is 9.84 Å². The maximum atomic E-state index is 12.1. The minimum Gasteiger partial charge on any atom is -0.460 e. The van der Waals surface area contributed by atoms with Crippen LogP contribution in [0.5, 0.6) is 0 Å². The van der Waals surface area contributed by atoms with E-state index in [1.165, 1.54) is 17.0 Å². The van der Waals surface area contributed by atoms with E-state index in [9.17, 15) is 4.79 Å². The van der Waals surface area contributed by atoms with Crippen LogP contribution in [0, 0.1) is 17.8 Å². The second kappa shape index (κ2) is 5.07. The van der Waals surface area contributed by atoms with E-state index < -0.39 is 0 Å². The van der Waals surface area contributed by atoms with Crippen molar-refractivity contribution in [3.05, 3.63) is 17.0 Å². The summed E-state index contributed by atoms with van der Waals surface area (Å²) in [4.78, 5) is 12.1. The number of aromatic nitrogens is 2. The van der Waals surface area contributed by atoms with Crippen LogP contribution < -0.4 is 5.32 Å². The maximum Gasteiger partial charge on any atom is 0.306 e. The van der Waals surface area contributed by atoms with Crippen molar-refractivity contribution in [3.8, 4) is 0 Å². The number of rotatable bonds is 4. The zero-order valence-electron chi connectivity index (χ0n) is 15.4. The molecular formula is C19H29N3O2. The number of nitrogens with one attached hydrogen (secondary N) is 1. The summed E-state index contributed by atoms with van der Waals surface area (Å²) in [6, 6.07) is 0. The molecule has 0 amide bonds. The summed E-state index contributed by atoms with van der Waals surface area (Å²) in [6.45, 7) is 11.0. The van der Waals surface area contributed by atoms with E-state index in [0.717, 1.165) is 45.3 Å². The van der Waals surface area contributed by atoms with Gasteiger partial charge in [-0.1, -0.05) is 0 Å². The Morgan fingerprint density at radius 1 is 1.29 bits per heavy atom. The van der Waals surface area contributed by atoms with Crippen molar-refractivity contribution in [1.82, 2.24) is 15.1 Å². The monoisotopic (exact) mass is 331 g/mol. The number of hydrogen-bond acceptors (Lipinski definition) is 4. The predicted molar refractivity (Wildman–Crippen MR) is 91.6 cm³/mol. The highest BCUT2D eigenvalue weighted by atomic mass is 16.6. The van der Waals surface area contributed by atoms with Crippen LogP contribution >= 0.6 is 0 Å². The molecular weight excluding hydrogens is 302 g/mol. The molecule has 4 aliphatic rings. The first-order valence-electron chi connectivity index (χ1n) is 9.17. The van der Waals surface area contributed by atoms with Gasteiger partial charge in [0.25, 0.3) is 0 Å². The summed E-state index contributed by atoms with van der Waals surface area (Å²) < 4.78 is 7.73. The second-order valence-corrected chi connectivity index (χ2v) is 9.39. The van der Waals surface area contributed by atoms with E-state index in [1.54, 1.807) is 0 Å². The molecule has 3 saturated carbocycles. The van der Waals surface area contributed by atoms with Crippen LogP contribution in [0.3, 0.4) is 0 Å². The van der Waals surface area contributed by atoms with Gasteiger partial charge >= 0.3 is 5.97 Å². The van der Waals surface area contributed by atoms with Crippen molar-refractivity contribution in [1.29, 1.82) is 0 Å². The smallest absolute Gasteiger partial charge is 0.306 e. The summed E-state index contributed by atoms with van der Waals surface area (Å²) in [5, 5.41) is 8.30. The first kappa shape index (κ1) is 16.1. The average molecular weight is 331 g/mol. The molecule has 3 fully saturated rings. The van der Waals surface area contributed by atoms with Crippen LogP contribution in [0.1, 0.15) is 63.4 Å². The Kier molecular flexibility index (Phi) is 3.41. The van der Waals surface area contributed by atoms with Crippen LogP contribution in [-0.2, 0) is 29.0 Å². The van der Waals surface area contributed by atoms with Gasteiger partial charge in [-0.2, -0.15) is 5.10 Å². The summed E-state index contributed by atoms with van der Waals surface area (Å²) in [5.41, 5.74) is 4.23. The molecule has 1 N–H and O–H groups in total. The van der Waals surface area contributed by atoms with Gasteiger partial charge in [-0.15, -0.1) is 0 Å². The van der Waals surface area contributed by atoms with E-state index in [2.05, 4.69) is 16.9 Å². The lowest BCUT2D eigenvalue weighted by Gasteiger charge is -2.70. The molecule has 1 aliphatic heterocycles. The topological polar surface area (TPSA) is 56.2 Å². The van der Waals surface area contributed by atoms with Crippen LogP contribution in [0.25, 0.3) is 0 Å². The quantitative estimate of drug-likeness (QED) is 0.862. The zero-order valence-corrected chi connectivity index (χ0v) is 15.4. The minimum atomic E-state index is -0.377. The normalized spacial score (nSPS) is 31.0. The van der Waals surface area contributed by atoms with Gasteiger partial charge in [0.1, 0.15) is 5.60 Å². The number of carbonyl (C=O) groups excluding carboxylic acids is 1. The highest BCUT2D eigenvalue weighted by molar-refractivity contribution is 5.71. The van der Waals surface area contributed by atoms with E-state index in [1.807, 2.05) is 20.8 Å². The van der Waals surface area contributed by atoms with Gasteiger partial charge in [-0.3, -0.25) is 9.48 Å². The molecule has 5 heteroatoms. The summed E-state index contributed by atoms with van der Waals surface area (Å²) in [6.07, 6.45) is 5.09. The molecule has 1 aromatic rings. The second-order valence-electron chi connectivity index (χ2n) is 9.39. The molecule has 24 heavy (non-hydrogen) atoms. The molecule has 1 aromatic heterocycles. The Labute approximate surface area is 144 Å². The number of nitrogens with zero attached hydrogens (tertiary/aromatic N) is 2. The Morgan fingerprint density at radius 3 is 2.62 bits per heavy atom. The van der Waals surface area contributed by atoms with Gasteiger partial charge in [0.05, 0.1) is 12.1 Å². The highest BCUT2D eigenvalue weighted by Gasteiger charge is 2.68. The SMILES string of the molecule is Cc1c2c(nn1CC13CC(CC(=O)OC(C)(C)C)(C1)C3)CCNC2. The average Bonchev–Trinajstić information content (AvgIpc) is 2.70. The van der Waals surface area contributed by atoms with E-state index in [0.29, 0.717) is 11.8 Å². The molecule has 2 bridgehead atoms. The van der Waals surface area contributed by atoms with Crippen LogP contribution in [0.15, 0.2) is 0 Å². The molecule has 0 saturated heterocycles. The lowest BCUT2D eigenvalue weighted by molar-refractivity contribution is -0.224. The van der Waals surface area contributed by atoms with Crippen molar-refractivity contribution in [3.63, 3.8) is 0 Å². The maximum absolute atomic E-state index is 12.1. The summed E-state index contributed by atoms with van der Waals surface area (Å²) in [7, 11) is 0. The molecule has 5 nitrogen and oxygen atoms in total. The number of esters is 1. The zero-order chi connectivity index (χ0) is 17.2. The van der Waals surface area contributed by atoms with E-state index in [-0.39, 0.29) is 17.0 Å². The van der Waals surface area contributed by atoms with Gasteiger partial charge in [-0.25, -0.2) is 0 Å². The Hall–Kier alpha value is -1.36. The van der Waals surface area contributed by atoms with Crippen LogP contribution in [-0.4, -0.2) is 27.9 Å². The van der Waals surface area contributed by atoms with Gasteiger partial charge in [0, 0.05) is 37.3 Å². The first-order valence-corrected chi connectivity index (χ1v) is 9.17. The third-order valence-corrected chi connectivity index (χ3v) is 5.93. The lowest BCUT2D eigenvalue weighted by Crippen LogP contribution is -2.64. The van der Waals surface area contributed by atoms with Crippen molar-refractivity contribution >= 4 is 5.97 Å². The largest absolute Gasteiger partial charge is 0.460 e. The molecule has 5 rings (SSSR count). The molecule has 132 valence electrons. The fourth-order valence-corrected chi connectivity index (χ4v) is 5.24. The van der Waals surface area contributed by atoms with Crippen molar-refractivity contribution in [2.24, 2.45) is 10.8 Å². The standard InChI is InChI=1S/C19H29N3O2/c1-13-14-8-20-6-5-15(14)21-22(13)12-19-9-18(10-19,11-19)7-16(23)24-17(2,3)4/h20H,5-12H2,1-4H3. The molecule has 0 aromatic carbocycles. The highest BCUT2D eigenvalue weighted by Crippen LogP contribution is 2.75. The van der Waals surface area contributed by atoms with Crippen molar-refractivity contribution < 1.29 is 9.53 Å². The fraction of sp³-hybridized carbons (Fsp3) is 0.789. The number of ether oxygens (including phenoxy) is 1. The van der Waals surface area contributed by atoms with Gasteiger partial charge < -0.3 is 10.1 Å². The number of carbonyl (C=O) groups is 1. The number of fused-ring (bicyclic) bond motifs is 1. The lowest BCUT2D eigenvalue weighted by atomic mass is 9.34. The number of hydrogen-bond donors (Lipinski definition) is 1. The van der Waals surface area contributed by atoms with Gasteiger partial charge in [0.15, 0.2) is 0 Å². The summed E-state index contributed by atoms with van der Waals surface area (Å²) >= 11 is 0. The third kappa shape index (κ3) is 2.67. The summed E-state index contributed by atoms with van der Waals surface area (Å²) in [5.74, 6) is -0.0346. The Morgan fingerprint density at radius 2 is 2.00 bits per heavy atom. The predicted octanol–water partition coefficient (Wildman–Crippen LogP) is 2.74. The fourth-order valence-electron chi connectivity index (χ4n) is 5.24. The Bertz CT molecular complexity index is 664. The van der Waals surface area contributed by atoms with Crippen molar-refractivity contribution in [2.45, 2.75) is 78.5 Å². The molecule has 3 aliphatic carbocycles. The minimum absolute atomic E-state index is 0.0346. The Balaban J connectivity index is 1.36. The van der Waals surface area contributed by atoms with Crippen LogP contribution in [0.4, 0.5) is 0 Å². The van der Waals surface area contributed by atoms with Gasteiger partial charge in [-0.05, 0) is 57.8 Å². The molecule has 2 heterocycles. The molecule has 0 unspecified atom stereocenters. The molecule has 0 spiro atoms. The molecule has 0 radical (unpaired) electrons. The first-order chi connectivity index (χ1) is 11.2. The van der Waals surface area contributed by atoms with Gasteiger partial charge in [0.2, 0.25) is 0 Å². The molecule has 0 atom stereocenters. The van der Waals surface area contributed by atoms with Crippen LogP contribution in [0.2, 0.25) is 0 Å².